The zero-order valence-corrected chi connectivity index (χ0v) is 18.3. The van der Waals surface area contributed by atoms with E-state index in [9.17, 15) is 4.79 Å². The maximum atomic E-state index is 12.9. The molecule has 0 saturated carbocycles. The van der Waals surface area contributed by atoms with E-state index in [-0.39, 0.29) is 33.0 Å². The Morgan fingerprint density at radius 3 is 2.00 bits per heavy atom. The molecule has 0 bridgehead atoms. The van der Waals surface area contributed by atoms with Crippen molar-refractivity contribution in [2.24, 2.45) is 0 Å². The van der Waals surface area contributed by atoms with Gasteiger partial charge in [0.05, 0.1) is 27.9 Å². The van der Waals surface area contributed by atoms with Gasteiger partial charge in [-0.05, 0) is 32.4 Å². The molecule has 5 nitrogen and oxygen atoms in total. The Morgan fingerprint density at radius 1 is 0.893 bits per heavy atom. The van der Waals surface area contributed by atoms with Crippen LogP contribution < -0.4 is 43.1 Å². The molecule has 2 aromatic rings. The van der Waals surface area contributed by atoms with Crippen LogP contribution in [-0.2, 0) is 0 Å². The van der Waals surface area contributed by atoms with Crippen molar-refractivity contribution in [1.82, 2.24) is 0 Å². The topological polar surface area (TPSA) is 54.0 Å². The zero-order valence-electron chi connectivity index (χ0n) is 17.3. The van der Waals surface area contributed by atoms with E-state index in [4.69, 9.17) is 18.9 Å². The summed E-state index contributed by atoms with van der Waals surface area (Å²) in [4.78, 5) is 12.9. The van der Waals surface area contributed by atoms with Crippen molar-refractivity contribution in [3.63, 3.8) is 0 Å². The van der Waals surface area contributed by atoms with E-state index in [1.54, 1.807) is 19.2 Å². The largest absolute Gasteiger partial charge is 1.00 e. The maximum Gasteiger partial charge on any atom is 1.00 e. The summed E-state index contributed by atoms with van der Waals surface area (Å²) in [5.74, 6) is 2.29. The van der Waals surface area contributed by atoms with Crippen molar-refractivity contribution in [1.29, 1.82) is 0 Å². The molecule has 0 radical (unpaired) electrons. The molecule has 0 saturated heterocycles. The zero-order chi connectivity index (χ0) is 19.6. The van der Waals surface area contributed by atoms with E-state index in [1.807, 2.05) is 24.3 Å². The van der Waals surface area contributed by atoms with Crippen molar-refractivity contribution in [2.75, 3.05) is 27.9 Å². The van der Waals surface area contributed by atoms with Gasteiger partial charge in [0.25, 0.3) is 0 Å². The molecule has 2 aromatic carbocycles. The van der Waals surface area contributed by atoms with E-state index in [0.717, 1.165) is 17.5 Å². The molecule has 0 aliphatic carbocycles. The van der Waals surface area contributed by atoms with Crippen molar-refractivity contribution >= 4 is 19.4 Å². The summed E-state index contributed by atoms with van der Waals surface area (Å²) in [6, 6.07) is 11.0. The van der Waals surface area contributed by atoms with E-state index in [1.165, 1.54) is 27.1 Å². The summed E-state index contributed by atoms with van der Waals surface area (Å²) < 4.78 is 21.7. The van der Waals surface area contributed by atoms with Gasteiger partial charge < -0.3 is 18.9 Å². The predicted molar refractivity (Wildman–Crippen MR) is 110 cm³/mol. The summed E-state index contributed by atoms with van der Waals surface area (Å²) in [6.07, 6.45) is 3.39. The van der Waals surface area contributed by atoms with Crippen molar-refractivity contribution in [3.05, 3.63) is 42.0 Å². The molecule has 0 aliphatic heterocycles. The fourth-order valence-electron chi connectivity index (χ4n) is 2.60. The Kier molecular flexibility index (Phi) is 11.1. The molecule has 1 atom stereocenters. The minimum atomic E-state index is -0.0528. The summed E-state index contributed by atoms with van der Waals surface area (Å²) in [7, 11) is 4.57. The first-order valence-electron chi connectivity index (χ1n) is 8.97. The molecule has 0 N–H and O–H groups in total. The van der Waals surface area contributed by atoms with Crippen molar-refractivity contribution in [2.45, 2.75) is 26.2 Å². The molecular weight excluding hydrogens is 370 g/mol. The third-order valence-electron chi connectivity index (χ3n) is 4.07. The van der Waals surface area contributed by atoms with Gasteiger partial charge >= 0.3 is 18.9 Å². The first-order valence-corrected chi connectivity index (χ1v) is 9.97. The quantitative estimate of drug-likeness (QED) is 0.326. The number of rotatable bonds is 11. The molecule has 0 amide bonds. The maximum absolute atomic E-state index is 12.9. The van der Waals surface area contributed by atoms with Gasteiger partial charge in [0.15, 0.2) is 5.52 Å². The van der Waals surface area contributed by atoms with E-state index in [0.29, 0.717) is 29.4 Å². The Balaban J connectivity index is 0.00000392. The van der Waals surface area contributed by atoms with Gasteiger partial charge in [-0.15, -0.1) is 0 Å². The fourth-order valence-corrected chi connectivity index (χ4v) is 3.57. The summed E-state index contributed by atoms with van der Waals surface area (Å²) in [5, 5.41) is 0.931. The molecular formula is C21H27LiO5P+. The normalized spacial score (nSPS) is 10.4. The van der Waals surface area contributed by atoms with Crippen LogP contribution in [0, 0.1) is 0 Å². The van der Waals surface area contributed by atoms with Crippen LogP contribution in [0.2, 0.25) is 0 Å². The van der Waals surface area contributed by atoms with Crippen LogP contribution in [0.15, 0.2) is 36.4 Å². The summed E-state index contributed by atoms with van der Waals surface area (Å²) in [5.41, 5.74) is 0.377. The number of ether oxygens (including phenoxy) is 4. The number of hydrogen-bond acceptors (Lipinski definition) is 5. The van der Waals surface area contributed by atoms with Gasteiger partial charge in [-0.2, -0.15) is 0 Å². The summed E-state index contributed by atoms with van der Waals surface area (Å²) >= 11 is 0. The van der Waals surface area contributed by atoms with Gasteiger partial charge in [0.2, 0.25) is 0 Å². The van der Waals surface area contributed by atoms with Gasteiger partial charge in [-0.1, -0.05) is 31.9 Å². The molecule has 2 rings (SSSR count). The molecule has 0 aliphatic rings. The minimum Gasteiger partial charge on any atom is -0.496 e. The monoisotopic (exact) mass is 397 g/mol. The molecule has 0 spiro atoms. The number of methoxy groups -OCH3 is 3. The SMILES string of the molecule is CCCCCOc1ccc(PC(=O)c2c(OC)cc(OC)cc2OC)cc1.[Li+]. The second-order valence-corrected chi connectivity index (χ2v) is 7.22. The Labute approximate surface area is 181 Å². The van der Waals surface area contributed by atoms with Gasteiger partial charge in [0, 0.05) is 12.1 Å². The minimum absolute atomic E-state index is 0. The van der Waals surface area contributed by atoms with E-state index < -0.39 is 0 Å². The Bertz CT molecular complexity index is 724. The number of carbonyl (C=O) groups is 1. The number of carbonyl (C=O) groups excluding carboxylic acids is 1. The first kappa shape index (κ1) is 24.4. The van der Waals surface area contributed by atoms with Gasteiger partial charge in [-0.3, -0.25) is 4.79 Å². The van der Waals surface area contributed by atoms with E-state index in [2.05, 4.69) is 6.92 Å². The van der Waals surface area contributed by atoms with Crippen molar-refractivity contribution < 1.29 is 42.6 Å². The van der Waals surface area contributed by atoms with Crippen molar-refractivity contribution in [3.8, 4) is 23.0 Å². The van der Waals surface area contributed by atoms with Gasteiger partial charge in [0.1, 0.15) is 28.6 Å². The van der Waals surface area contributed by atoms with Crippen LogP contribution >= 0.6 is 8.58 Å². The van der Waals surface area contributed by atoms with Crippen LogP contribution in [0.1, 0.15) is 36.5 Å². The molecule has 0 fully saturated rings. The average Bonchev–Trinajstić information content (AvgIpc) is 2.71. The molecule has 7 heteroatoms. The second kappa shape index (κ2) is 12.7. The van der Waals surface area contributed by atoms with Crippen LogP contribution in [0.25, 0.3) is 0 Å². The Morgan fingerprint density at radius 2 is 1.50 bits per heavy atom. The predicted octanol–water partition coefficient (Wildman–Crippen LogP) is 1.43. The third-order valence-corrected chi connectivity index (χ3v) is 5.17. The van der Waals surface area contributed by atoms with Crippen LogP contribution in [0.3, 0.4) is 0 Å². The third kappa shape index (κ3) is 6.74. The average molecular weight is 397 g/mol. The Hall–Kier alpha value is -1.66. The number of unbranched alkanes of at least 4 members (excludes halogenated alkanes) is 2. The molecule has 28 heavy (non-hydrogen) atoms. The number of hydrogen-bond donors (Lipinski definition) is 0. The number of benzene rings is 2. The van der Waals surface area contributed by atoms with E-state index >= 15 is 0 Å². The van der Waals surface area contributed by atoms with Crippen LogP contribution in [0.4, 0.5) is 0 Å². The molecule has 146 valence electrons. The van der Waals surface area contributed by atoms with Crippen LogP contribution in [-0.4, -0.2) is 33.5 Å². The molecule has 0 aromatic heterocycles. The molecule has 0 heterocycles. The smallest absolute Gasteiger partial charge is 0.496 e. The molecule has 1 unspecified atom stereocenters. The summed E-state index contributed by atoms with van der Waals surface area (Å²) in [6.45, 7) is 2.88. The fraction of sp³-hybridized carbons (Fsp3) is 0.381. The van der Waals surface area contributed by atoms with Gasteiger partial charge in [-0.25, -0.2) is 0 Å². The first-order chi connectivity index (χ1) is 13.1. The van der Waals surface area contributed by atoms with Crippen LogP contribution in [0.5, 0.6) is 23.0 Å². The second-order valence-electron chi connectivity index (χ2n) is 5.94. The standard InChI is InChI=1S/C21H27O5P.Li/c1-5-6-7-12-26-15-8-10-17(11-9-15)27-21(22)20-18(24-3)13-16(23-2)14-19(20)25-4;/h8-11,13-14,27H,5-7,12H2,1-4H3;/q;+1.